The molecule has 0 N–H and O–H groups in total. The van der Waals surface area contributed by atoms with Crippen LogP contribution in [-0.4, -0.2) is 9.13 Å². The van der Waals surface area contributed by atoms with E-state index in [4.69, 9.17) is 13.1 Å². The summed E-state index contributed by atoms with van der Waals surface area (Å²) in [5.41, 5.74) is 10.8. The van der Waals surface area contributed by atoms with Crippen molar-refractivity contribution in [3.63, 3.8) is 0 Å². The SMILES string of the molecule is [C-]#[N+]c1ccc2c(c1)c1ccccc1n2-c1ccccc1-c1ccc(-c2cccc(-n3c4ccccc4c4ccccc43)c2[N+]#[C-])cc1C#N. The second-order valence-electron chi connectivity index (χ2n) is 12.2. The molecule has 9 rings (SSSR count). The molecule has 0 unspecified atom stereocenters. The largest absolute Gasteiger partial charge is 0.319 e. The molecule has 0 spiro atoms. The minimum atomic E-state index is 0.518. The number of nitriles is 1. The molecule has 2 heterocycles. The first-order valence-corrected chi connectivity index (χ1v) is 16.2. The fourth-order valence-corrected chi connectivity index (χ4v) is 7.47. The van der Waals surface area contributed by atoms with Gasteiger partial charge < -0.3 is 9.13 Å². The van der Waals surface area contributed by atoms with Gasteiger partial charge in [0.1, 0.15) is 0 Å². The molecule has 0 aliphatic heterocycles. The van der Waals surface area contributed by atoms with Crippen LogP contribution in [0.25, 0.3) is 86.9 Å². The zero-order valence-corrected chi connectivity index (χ0v) is 26.7. The van der Waals surface area contributed by atoms with E-state index in [9.17, 15) is 5.26 Å². The maximum absolute atomic E-state index is 10.6. The highest BCUT2D eigenvalue weighted by Gasteiger charge is 2.20. The van der Waals surface area contributed by atoms with Crippen LogP contribution in [0.1, 0.15) is 5.56 Å². The lowest BCUT2D eigenvalue weighted by molar-refractivity contribution is 1.18. The summed E-state index contributed by atoms with van der Waals surface area (Å²) in [7, 11) is 0. The summed E-state index contributed by atoms with van der Waals surface area (Å²) < 4.78 is 4.39. The van der Waals surface area contributed by atoms with E-state index >= 15 is 0 Å². The van der Waals surface area contributed by atoms with Gasteiger partial charge in [-0.3, -0.25) is 0 Å². The van der Waals surface area contributed by atoms with Crippen LogP contribution in [-0.2, 0) is 0 Å². The van der Waals surface area contributed by atoms with Gasteiger partial charge in [-0.25, -0.2) is 9.69 Å². The monoisotopic (exact) mass is 635 g/mol. The van der Waals surface area contributed by atoms with Gasteiger partial charge in [0.05, 0.1) is 58.2 Å². The predicted octanol–water partition coefficient (Wildman–Crippen LogP) is 12.2. The number of hydrogen-bond donors (Lipinski definition) is 0. The third-order valence-corrected chi connectivity index (χ3v) is 9.62. The zero-order chi connectivity index (χ0) is 33.8. The van der Waals surface area contributed by atoms with Crippen LogP contribution in [0.2, 0.25) is 0 Å². The topological polar surface area (TPSA) is 42.4 Å². The molecule has 2 aromatic heterocycles. The van der Waals surface area contributed by atoms with Gasteiger partial charge in [-0.05, 0) is 65.0 Å². The molecule has 5 nitrogen and oxygen atoms in total. The molecule has 50 heavy (non-hydrogen) atoms. The molecule has 9 aromatic rings. The quantitative estimate of drug-likeness (QED) is 0.177. The Hall–Kier alpha value is -7.39. The number of hydrogen-bond acceptors (Lipinski definition) is 1. The Morgan fingerprint density at radius 2 is 1.02 bits per heavy atom. The lowest BCUT2D eigenvalue weighted by atomic mass is 9.93. The fourth-order valence-electron chi connectivity index (χ4n) is 7.47. The Kier molecular flexibility index (Phi) is 6.56. The van der Waals surface area contributed by atoms with Crippen molar-refractivity contribution in [2.45, 2.75) is 0 Å². The Morgan fingerprint density at radius 1 is 0.460 bits per heavy atom. The maximum Gasteiger partial charge on any atom is 0.218 e. The van der Waals surface area contributed by atoms with Crippen LogP contribution in [0.4, 0.5) is 11.4 Å². The van der Waals surface area contributed by atoms with Crippen molar-refractivity contribution in [1.29, 1.82) is 5.26 Å². The first kappa shape index (κ1) is 28.8. The first-order chi connectivity index (χ1) is 24.7. The average Bonchev–Trinajstić information content (AvgIpc) is 3.69. The Bertz CT molecular complexity index is 2920. The van der Waals surface area contributed by atoms with Crippen molar-refractivity contribution >= 4 is 55.0 Å². The number of para-hydroxylation sites is 5. The molecule has 0 saturated carbocycles. The van der Waals surface area contributed by atoms with Crippen molar-refractivity contribution in [3.05, 3.63) is 180 Å². The summed E-state index contributed by atoms with van der Waals surface area (Å²) in [6.07, 6.45) is 0. The van der Waals surface area contributed by atoms with Crippen molar-refractivity contribution in [1.82, 2.24) is 9.13 Å². The Balaban J connectivity index is 1.23. The van der Waals surface area contributed by atoms with Crippen LogP contribution < -0.4 is 0 Å². The van der Waals surface area contributed by atoms with E-state index in [1.807, 2.05) is 109 Å². The second-order valence-corrected chi connectivity index (χ2v) is 12.2. The number of aromatic nitrogens is 2. The molecule has 0 aliphatic rings. The van der Waals surface area contributed by atoms with Gasteiger partial charge in [0.25, 0.3) is 0 Å². The van der Waals surface area contributed by atoms with E-state index in [1.165, 1.54) is 0 Å². The maximum atomic E-state index is 10.6. The van der Waals surface area contributed by atoms with Gasteiger partial charge in [0.15, 0.2) is 5.69 Å². The lowest BCUT2D eigenvalue weighted by Gasteiger charge is -2.17. The molecule has 7 aromatic carbocycles. The smallest absolute Gasteiger partial charge is 0.218 e. The summed E-state index contributed by atoms with van der Waals surface area (Å²) in [5, 5.41) is 14.9. The molecule has 0 fully saturated rings. The highest BCUT2D eigenvalue weighted by atomic mass is 15.0. The lowest BCUT2D eigenvalue weighted by Crippen LogP contribution is -1.98. The third-order valence-electron chi connectivity index (χ3n) is 9.62. The van der Waals surface area contributed by atoms with E-state index in [0.717, 1.165) is 77.2 Å². The Labute approximate surface area is 288 Å². The predicted molar refractivity (Wildman–Crippen MR) is 203 cm³/mol. The van der Waals surface area contributed by atoms with Gasteiger partial charge in [-0.2, -0.15) is 5.26 Å². The molecular weight excluding hydrogens is 611 g/mol. The molecule has 0 amide bonds. The molecule has 0 aliphatic carbocycles. The molecule has 0 radical (unpaired) electrons. The van der Waals surface area contributed by atoms with Gasteiger partial charge in [0, 0.05) is 27.3 Å². The second kappa shape index (κ2) is 11.4. The molecule has 0 saturated heterocycles. The van der Waals surface area contributed by atoms with E-state index in [-0.39, 0.29) is 0 Å². The summed E-state index contributed by atoms with van der Waals surface area (Å²) >= 11 is 0. The van der Waals surface area contributed by atoms with Crippen LogP contribution >= 0.6 is 0 Å². The number of fused-ring (bicyclic) bond motifs is 6. The van der Waals surface area contributed by atoms with E-state index in [1.54, 1.807) is 0 Å². The van der Waals surface area contributed by atoms with Gasteiger partial charge in [-0.1, -0.05) is 103 Å². The minimum Gasteiger partial charge on any atom is -0.319 e. The van der Waals surface area contributed by atoms with E-state index < -0.39 is 0 Å². The first-order valence-electron chi connectivity index (χ1n) is 16.2. The number of rotatable bonds is 4. The number of benzene rings is 7. The third kappa shape index (κ3) is 4.24. The summed E-state index contributed by atoms with van der Waals surface area (Å²) in [6, 6.07) is 53.0. The molecule has 5 heteroatoms. The van der Waals surface area contributed by atoms with Crippen molar-refractivity contribution in [2.75, 3.05) is 0 Å². The van der Waals surface area contributed by atoms with Crippen LogP contribution in [0.5, 0.6) is 0 Å². The molecule has 0 bridgehead atoms. The summed E-state index contributed by atoms with van der Waals surface area (Å²) in [5.74, 6) is 0. The number of nitrogens with zero attached hydrogens (tertiary/aromatic N) is 5. The standard InChI is InChI=1S/C45H25N5/c1-47-31-23-25-43-38(27-31)37-15-6-10-20-42(37)49(43)39-17-7-3-12-34(39)32-24-22-29(26-30(32)28-46)33-16-11-21-44(45(33)48-2)50-40-18-8-4-13-35(40)36-14-5-9-19-41(36)50/h3-27H. The summed E-state index contributed by atoms with van der Waals surface area (Å²) in [4.78, 5) is 7.77. The Morgan fingerprint density at radius 3 is 1.68 bits per heavy atom. The van der Waals surface area contributed by atoms with Gasteiger partial charge >= 0.3 is 0 Å². The van der Waals surface area contributed by atoms with E-state index in [0.29, 0.717) is 16.9 Å². The van der Waals surface area contributed by atoms with Crippen LogP contribution in [0.15, 0.2) is 152 Å². The van der Waals surface area contributed by atoms with Crippen molar-refractivity contribution < 1.29 is 0 Å². The highest BCUT2D eigenvalue weighted by Crippen LogP contribution is 2.43. The zero-order valence-electron chi connectivity index (χ0n) is 26.7. The van der Waals surface area contributed by atoms with Crippen LogP contribution in [0, 0.1) is 24.5 Å². The molecular formula is C45H25N5. The normalized spacial score (nSPS) is 11.1. The molecule has 0 atom stereocenters. The molecule has 230 valence electrons. The summed E-state index contributed by atoms with van der Waals surface area (Å²) in [6.45, 7) is 15.9. The fraction of sp³-hybridized carbons (Fsp3) is 0. The minimum absolute atomic E-state index is 0.518. The van der Waals surface area contributed by atoms with Crippen molar-refractivity contribution in [2.24, 2.45) is 0 Å². The highest BCUT2D eigenvalue weighted by molar-refractivity contribution is 6.11. The van der Waals surface area contributed by atoms with Gasteiger partial charge in [0.2, 0.25) is 5.69 Å². The van der Waals surface area contributed by atoms with Gasteiger partial charge in [-0.15, -0.1) is 0 Å². The van der Waals surface area contributed by atoms with Crippen molar-refractivity contribution in [3.8, 4) is 39.7 Å². The average molecular weight is 636 g/mol. The van der Waals surface area contributed by atoms with Crippen LogP contribution in [0.3, 0.4) is 0 Å². The van der Waals surface area contributed by atoms with E-state index in [2.05, 4.69) is 67.4 Å².